The van der Waals surface area contributed by atoms with E-state index in [0.717, 1.165) is 16.7 Å². The summed E-state index contributed by atoms with van der Waals surface area (Å²) in [7, 11) is 1.54. The van der Waals surface area contributed by atoms with E-state index in [9.17, 15) is 14.4 Å². The number of benzene rings is 2. The number of imide groups is 1. The minimum atomic E-state index is -1.10. The molecule has 0 aliphatic carbocycles. The molecule has 2 aliphatic heterocycles. The number of ether oxygens (including phenoxy) is 1. The van der Waals surface area contributed by atoms with E-state index in [1.165, 1.54) is 4.90 Å². The second-order valence-corrected chi connectivity index (χ2v) is 9.78. The Morgan fingerprint density at radius 3 is 2.40 bits per heavy atom. The maximum atomic E-state index is 13.7. The molecule has 0 unspecified atom stereocenters. The van der Waals surface area contributed by atoms with Crippen LogP contribution in [0.3, 0.4) is 0 Å². The minimum absolute atomic E-state index is 0.0846. The Balaban J connectivity index is 1.52. The number of likely N-dealkylation sites (tertiary alicyclic amines) is 1. The number of amides is 4. The summed E-state index contributed by atoms with van der Waals surface area (Å²) in [6.45, 7) is 3.56. The second-order valence-electron chi connectivity index (χ2n) is 9.38. The molecule has 7 nitrogen and oxygen atoms in total. The SMILES string of the molecule is COCCN1C(=O)N[C@](Cc2ccccc2Cl)(C2CCN(C(=O)Cc3ccccc3C)CC2)C1=O. The Morgan fingerprint density at radius 2 is 1.74 bits per heavy atom. The van der Waals surface area contributed by atoms with E-state index >= 15 is 0 Å². The van der Waals surface area contributed by atoms with Crippen LogP contribution < -0.4 is 5.32 Å². The number of urea groups is 1. The lowest BCUT2D eigenvalue weighted by Crippen LogP contribution is -2.58. The first-order valence-corrected chi connectivity index (χ1v) is 12.4. The Kier molecular flexibility index (Phi) is 7.77. The van der Waals surface area contributed by atoms with Crippen LogP contribution in [0, 0.1) is 12.8 Å². The van der Waals surface area contributed by atoms with Gasteiger partial charge < -0.3 is 15.0 Å². The number of carbonyl (C=O) groups excluding carboxylic acids is 3. The monoisotopic (exact) mass is 497 g/mol. The molecule has 2 aliphatic rings. The molecule has 2 saturated heterocycles. The van der Waals surface area contributed by atoms with Crippen LogP contribution in [0.2, 0.25) is 5.02 Å². The normalized spacial score (nSPS) is 20.9. The van der Waals surface area contributed by atoms with Crippen molar-refractivity contribution in [2.24, 2.45) is 5.92 Å². The number of hydrogen-bond acceptors (Lipinski definition) is 4. The minimum Gasteiger partial charge on any atom is -0.383 e. The predicted octanol–water partition coefficient (Wildman–Crippen LogP) is 3.61. The first-order chi connectivity index (χ1) is 16.9. The van der Waals surface area contributed by atoms with Gasteiger partial charge in [0.1, 0.15) is 5.54 Å². The average molecular weight is 498 g/mol. The molecule has 1 N–H and O–H groups in total. The quantitative estimate of drug-likeness (QED) is 0.565. The van der Waals surface area contributed by atoms with Crippen molar-refractivity contribution in [3.8, 4) is 0 Å². The summed E-state index contributed by atoms with van der Waals surface area (Å²) in [4.78, 5) is 42.7. The summed E-state index contributed by atoms with van der Waals surface area (Å²) < 4.78 is 5.11. The van der Waals surface area contributed by atoms with Gasteiger partial charge in [-0.3, -0.25) is 14.5 Å². The number of carbonyl (C=O) groups is 3. The molecule has 0 spiro atoms. The molecule has 1 atom stereocenters. The predicted molar refractivity (Wildman–Crippen MR) is 134 cm³/mol. The molecule has 8 heteroatoms. The molecule has 4 rings (SSSR count). The Hall–Kier alpha value is -2.90. The molecule has 2 aromatic rings. The number of hydrogen-bond donors (Lipinski definition) is 1. The van der Waals surface area contributed by atoms with Crippen molar-refractivity contribution in [2.45, 2.75) is 38.1 Å². The van der Waals surface area contributed by atoms with Crippen molar-refractivity contribution in [1.29, 1.82) is 0 Å². The lowest BCUT2D eigenvalue weighted by Gasteiger charge is -2.41. The van der Waals surface area contributed by atoms with E-state index in [0.29, 0.717) is 43.8 Å². The molecule has 2 heterocycles. The Labute approximate surface area is 211 Å². The number of piperidine rings is 1. The molecule has 2 fully saturated rings. The fraction of sp³-hybridized carbons (Fsp3) is 0.444. The maximum Gasteiger partial charge on any atom is 0.325 e. The summed E-state index contributed by atoms with van der Waals surface area (Å²) in [6.07, 6.45) is 1.91. The van der Waals surface area contributed by atoms with E-state index in [2.05, 4.69) is 5.32 Å². The Morgan fingerprint density at radius 1 is 1.09 bits per heavy atom. The van der Waals surface area contributed by atoms with Crippen LogP contribution in [0.5, 0.6) is 0 Å². The first kappa shape index (κ1) is 25.2. The zero-order valence-electron chi connectivity index (χ0n) is 20.3. The standard InChI is InChI=1S/C27H32ClN3O4/c1-19-7-3-4-8-20(19)17-24(32)30-13-11-22(12-14-30)27(18-21-9-5-6-10-23(21)28)25(33)31(15-16-35-2)26(34)29-27/h3-10,22H,11-18H2,1-2H3,(H,29,34)/t27-/m1/s1. The van der Waals surface area contributed by atoms with Crippen molar-refractivity contribution in [3.63, 3.8) is 0 Å². The van der Waals surface area contributed by atoms with Gasteiger partial charge >= 0.3 is 6.03 Å². The van der Waals surface area contributed by atoms with E-state index < -0.39 is 11.6 Å². The van der Waals surface area contributed by atoms with E-state index in [4.69, 9.17) is 16.3 Å². The fourth-order valence-electron chi connectivity index (χ4n) is 5.22. The fourth-order valence-corrected chi connectivity index (χ4v) is 5.42. The second kappa shape index (κ2) is 10.8. The van der Waals surface area contributed by atoms with E-state index in [-0.39, 0.29) is 30.9 Å². The Bertz CT molecular complexity index is 1100. The van der Waals surface area contributed by atoms with Crippen LogP contribution in [0.15, 0.2) is 48.5 Å². The largest absolute Gasteiger partial charge is 0.383 e. The zero-order valence-corrected chi connectivity index (χ0v) is 21.0. The van der Waals surface area contributed by atoms with Gasteiger partial charge in [-0.1, -0.05) is 54.1 Å². The van der Waals surface area contributed by atoms with Gasteiger partial charge in [0.15, 0.2) is 0 Å². The molecule has 0 radical (unpaired) electrons. The number of methoxy groups -OCH3 is 1. The van der Waals surface area contributed by atoms with Gasteiger partial charge in [0.2, 0.25) is 5.91 Å². The third-order valence-corrected chi connectivity index (χ3v) is 7.66. The molecule has 0 saturated carbocycles. The molecular weight excluding hydrogens is 466 g/mol. The number of nitrogens with zero attached hydrogens (tertiary/aromatic N) is 2. The van der Waals surface area contributed by atoms with Crippen LogP contribution >= 0.6 is 11.6 Å². The number of aryl methyl sites for hydroxylation is 1. The van der Waals surface area contributed by atoms with E-state index in [1.807, 2.05) is 54.3 Å². The molecular formula is C27H32ClN3O4. The van der Waals surface area contributed by atoms with Crippen molar-refractivity contribution in [2.75, 3.05) is 33.4 Å². The van der Waals surface area contributed by atoms with Gasteiger partial charge in [-0.25, -0.2) is 4.79 Å². The molecule has 35 heavy (non-hydrogen) atoms. The van der Waals surface area contributed by atoms with E-state index in [1.54, 1.807) is 13.2 Å². The van der Waals surface area contributed by atoms with Gasteiger partial charge in [-0.2, -0.15) is 0 Å². The zero-order chi connectivity index (χ0) is 25.0. The van der Waals surface area contributed by atoms with Crippen LogP contribution in [0.4, 0.5) is 4.79 Å². The van der Waals surface area contributed by atoms with Crippen LogP contribution in [-0.2, 0) is 27.2 Å². The number of halogens is 1. The maximum absolute atomic E-state index is 13.7. The van der Waals surface area contributed by atoms with Crippen LogP contribution in [-0.4, -0.2) is 66.5 Å². The highest BCUT2D eigenvalue weighted by Gasteiger charge is 2.56. The topological polar surface area (TPSA) is 79.0 Å². The average Bonchev–Trinajstić information content (AvgIpc) is 3.10. The van der Waals surface area contributed by atoms with Crippen molar-refractivity contribution < 1.29 is 19.1 Å². The first-order valence-electron chi connectivity index (χ1n) is 12.0. The van der Waals surface area contributed by atoms with Gasteiger partial charge in [-0.15, -0.1) is 0 Å². The lowest BCUT2D eigenvalue weighted by molar-refractivity contribution is -0.136. The van der Waals surface area contributed by atoms with Gasteiger partial charge in [0.25, 0.3) is 5.91 Å². The van der Waals surface area contributed by atoms with Crippen LogP contribution in [0.1, 0.15) is 29.5 Å². The highest BCUT2D eigenvalue weighted by molar-refractivity contribution is 6.31. The third kappa shape index (κ3) is 5.21. The van der Waals surface area contributed by atoms with Gasteiger partial charge in [0.05, 0.1) is 19.6 Å². The molecule has 186 valence electrons. The summed E-state index contributed by atoms with van der Waals surface area (Å²) in [5.41, 5.74) is 1.85. The van der Waals surface area contributed by atoms with Gasteiger partial charge in [-0.05, 0) is 48.4 Å². The number of nitrogens with one attached hydrogen (secondary N) is 1. The lowest BCUT2D eigenvalue weighted by atomic mass is 9.73. The van der Waals surface area contributed by atoms with Crippen molar-refractivity contribution in [1.82, 2.24) is 15.1 Å². The molecule has 0 bridgehead atoms. The highest BCUT2D eigenvalue weighted by atomic mass is 35.5. The summed E-state index contributed by atoms with van der Waals surface area (Å²) >= 11 is 6.45. The van der Waals surface area contributed by atoms with Gasteiger partial charge in [0, 0.05) is 31.6 Å². The summed E-state index contributed by atoms with van der Waals surface area (Å²) in [5.74, 6) is -0.282. The number of rotatable bonds is 8. The third-order valence-electron chi connectivity index (χ3n) is 7.30. The highest BCUT2D eigenvalue weighted by Crippen LogP contribution is 2.37. The van der Waals surface area contributed by atoms with Crippen LogP contribution in [0.25, 0.3) is 0 Å². The molecule has 0 aromatic heterocycles. The summed E-state index contributed by atoms with van der Waals surface area (Å²) in [5, 5.41) is 3.60. The molecule has 2 aromatic carbocycles. The summed E-state index contributed by atoms with van der Waals surface area (Å²) in [6, 6.07) is 14.9. The molecule has 4 amide bonds. The van der Waals surface area contributed by atoms with Crippen molar-refractivity contribution >= 4 is 29.4 Å². The van der Waals surface area contributed by atoms with Crippen molar-refractivity contribution in [3.05, 3.63) is 70.2 Å². The smallest absolute Gasteiger partial charge is 0.325 e.